The van der Waals surface area contributed by atoms with Crippen molar-refractivity contribution < 1.29 is 27.1 Å². The van der Waals surface area contributed by atoms with Gasteiger partial charge in [0.2, 0.25) is 0 Å². The molecule has 8 heteroatoms. The zero-order chi connectivity index (χ0) is 21.5. The number of ether oxygens (including phenoxy) is 1. The molecule has 2 atom stereocenters. The van der Waals surface area contributed by atoms with Gasteiger partial charge in [0.05, 0.1) is 6.61 Å². The Kier molecular flexibility index (Phi) is 5.25. The molecule has 30 heavy (non-hydrogen) atoms. The summed E-state index contributed by atoms with van der Waals surface area (Å²) in [4.78, 5) is 12.7. The molecule has 1 heterocycles. The quantitative estimate of drug-likeness (QED) is 0.527. The van der Waals surface area contributed by atoms with Gasteiger partial charge in [-0.1, -0.05) is 35.6 Å². The molecule has 1 aliphatic carbocycles. The molecule has 2 aromatic rings. The first-order valence-corrected chi connectivity index (χ1v) is 9.65. The summed E-state index contributed by atoms with van der Waals surface area (Å²) < 4.78 is 62.8. The Bertz CT molecular complexity index is 1060. The Labute approximate surface area is 175 Å². The van der Waals surface area contributed by atoms with Crippen molar-refractivity contribution in [2.75, 3.05) is 5.32 Å². The summed E-state index contributed by atoms with van der Waals surface area (Å²) >= 11 is 5.99. The van der Waals surface area contributed by atoms with Crippen molar-refractivity contribution in [3.8, 4) is 11.8 Å². The molecule has 1 aliphatic heterocycles. The summed E-state index contributed by atoms with van der Waals surface area (Å²) in [5.74, 6) is 3.35. The van der Waals surface area contributed by atoms with Crippen LogP contribution in [0.2, 0.25) is 5.02 Å². The first-order valence-electron chi connectivity index (χ1n) is 9.27. The Morgan fingerprint density at radius 2 is 1.97 bits per heavy atom. The molecular weight excluding hydrogens is 422 g/mol. The van der Waals surface area contributed by atoms with Gasteiger partial charge in [-0.3, -0.25) is 4.79 Å². The molecule has 0 bridgehead atoms. The molecule has 0 spiro atoms. The van der Waals surface area contributed by atoms with Crippen molar-refractivity contribution >= 4 is 23.2 Å². The minimum Gasteiger partial charge on any atom is -0.361 e. The van der Waals surface area contributed by atoms with Gasteiger partial charge in [-0.05, 0) is 48.7 Å². The molecule has 1 N–H and O–H groups in total. The van der Waals surface area contributed by atoms with Crippen LogP contribution in [0.15, 0.2) is 42.5 Å². The van der Waals surface area contributed by atoms with Crippen molar-refractivity contribution in [1.82, 2.24) is 0 Å². The highest BCUT2D eigenvalue weighted by molar-refractivity contribution is 6.30. The number of benzene rings is 2. The number of amides is 1. The Balaban J connectivity index is 1.83. The smallest absolute Gasteiger partial charge is 0.361 e. The van der Waals surface area contributed by atoms with Crippen molar-refractivity contribution in [3.05, 3.63) is 64.4 Å². The standard InChI is InChI=1S/C22H16ClF4NO2/c23-15-6-7-18-17(11-15)21(22(25,26)27,9-8-13-4-5-13)19(20(29)28-18)30-12-14-2-1-3-16(24)10-14/h1-3,6-7,10-11,13,19H,4-5,12H2,(H,28,29)/t19-,21-/m0/s1. The molecule has 0 unspecified atom stereocenters. The van der Waals surface area contributed by atoms with Crippen LogP contribution >= 0.6 is 11.6 Å². The largest absolute Gasteiger partial charge is 0.412 e. The number of alkyl halides is 3. The number of rotatable bonds is 3. The number of carbonyl (C=O) groups excluding carboxylic acids is 1. The first kappa shape index (κ1) is 20.7. The molecule has 2 aromatic carbocycles. The second-order valence-corrected chi connectivity index (χ2v) is 7.79. The van der Waals surface area contributed by atoms with Gasteiger partial charge in [0.15, 0.2) is 11.5 Å². The van der Waals surface area contributed by atoms with Gasteiger partial charge in [-0.2, -0.15) is 13.2 Å². The van der Waals surface area contributed by atoms with Gasteiger partial charge in [0.1, 0.15) is 5.82 Å². The lowest BCUT2D eigenvalue weighted by atomic mass is 9.71. The molecule has 1 amide bonds. The average Bonchev–Trinajstić information content (AvgIpc) is 3.49. The normalized spacial score (nSPS) is 23.2. The lowest BCUT2D eigenvalue weighted by Gasteiger charge is -2.41. The molecule has 156 valence electrons. The predicted molar refractivity (Wildman–Crippen MR) is 103 cm³/mol. The van der Waals surface area contributed by atoms with Crippen LogP contribution in [0.3, 0.4) is 0 Å². The fraction of sp³-hybridized carbons (Fsp3) is 0.318. The van der Waals surface area contributed by atoms with E-state index >= 15 is 0 Å². The van der Waals surface area contributed by atoms with Crippen LogP contribution in [-0.4, -0.2) is 18.2 Å². The van der Waals surface area contributed by atoms with Gasteiger partial charge < -0.3 is 10.1 Å². The van der Waals surface area contributed by atoms with Gasteiger partial charge in [0.25, 0.3) is 5.91 Å². The summed E-state index contributed by atoms with van der Waals surface area (Å²) in [6.07, 6.45) is -5.49. The zero-order valence-corrected chi connectivity index (χ0v) is 16.3. The Morgan fingerprint density at radius 1 is 1.20 bits per heavy atom. The predicted octanol–water partition coefficient (Wildman–Crippen LogP) is 5.23. The Morgan fingerprint density at radius 3 is 2.63 bits per heavy atom. The average molecular weight is 438 g/mol. The van der Waals surface area contributed by atoms with E-state index in [4.69, 9.17) is 16.3 Å². The fourth-order valence-electron chi connectivity index (χ4n) is 3.44. The van der Waals surface area contributed by atoms with Crippen LogP contribution < -0.4 is 5.32 Å². The van der Waals surface area contributed by atoms with E-state index in [9.17, 15) is 22.4 Å². The lowest BCUT2D eigenvalue weighted by Crippen LogP contribution is -2.59. The minimum absolute atomic E-state index is 0.0163. The third-order valence-corrected chi connectivity index (χ3v) is 5.33. The minimum atomic E-state index is -4.93. The number of hydrogen-bond donors (Lipinski definition) is 1. The maximum Gasteiger partial charge on any atom is 0.412 e. The van der Waals surface area contributed by atoms with E-state index in [0.717, 1.165) is 12.1 Å². The number of hydrogen-bond acceptors (Lipinski definition) is 2. The van der Waals surface area contributed by atoms with Crippen LogP contribution in [0.25, 0.3) is 0 Å². The van der Waals surface area contributed by atoms with Crippen molar-refractivity contribution in [1.29, 1.82) is 0 Å². The molecule has 1 fully saturated rings. The monoisotopic (exact) mass is 437 g/mol. The zero-order valence-electron chi connectivity index (χ0n) is 15.5. The highest BCUT2D eigenvalue weighted by atomic mass is 35.5. The van der Waals surface area contributed by atoms with Crippen LogP contribution in [-0.2, 0) is 21.6 Å². The number of carbonyl (C=O) groups is 1. The van der Waals surface area contributed by atoms with E-state index < -0.39 is 36.0 Å². The summed E-state index contributed by atoms with van der Waals surface area (Å²) in [6.45, 7) is -0.394. The maximum absolute atomic E-state index is 14.6. The van der Waals surface area contributed by atoms with E-state index in [-0.39, 0.29) is 22.2 Å². The van der Waals surface area contributed by atoms with Crippen molar-refractivity contribution in [2.24, 2.45) is 5.92 Å². The van der Waals surface area contributed by atoms with Gasteiger partial charge in [-0.15, -0.1) is 0 Å². The molecule has 0 saturated heterocycles. The van der Waals surface area contributed by atoms with E-state index in [2.05, 4.69) is 17.2 Å². The van der Waals surface area contributed by atoms with Gasteiger partial charge in [0, 0.05) is 22.2 Å². The lowest BCUT2D eigenvalue weighted by molar-refractivity contribution is -0.208. The van der Waals surface area contributed by atoms with Gasteiger partial charge in [-0.25, -0.2) is 4.39 Å². The molecule has 0 aromatic heterocycles. The van der Waals surface area contributed by atoms with Crippen LogP contribution in [0.4, 0.5) is 23.2 Å². The van der Waals surface area contributed by atoms with E-state index in [0.29, 0.717) is 18.4 Å². The molecule has 3 nitrogen and oxygen atoms in total. The number of halogens is 5. The highest BCUT2D eigenvalue weighted by Gasteiger charge is 2.65. The molecular formula is C22H16ClF4NO2. The van der Waals surface area contributed by atoms with Crippen LogP contribution in [0.1, 0.15) is 24.0 Å². The van der Waals surface area contributed by atoms with Crippen molar-refractivity contribution in [2.45, 2.75) is 37.1 Å². The number of anilines is 1. The Hall–Kier alpha value is -2.56. The number of fused-ring (bicyclic) bond motifs is 1. The van der Waals surface area contributed by atoms with Crippen molar-refractivity contribution in [3.63, 3.8) is 0 Å². The molecule has 2 aliphatic rings. The second kappa shape index (κ2) is 7.60. The first-order chi connectivity index (χ1) is 14.2. The summed E-state index contributed by atoms with van der Waals surface area (Å²) in [5.41, 5.74) is -2.88. The second-order valence-electron chi connectivity index (χ2n) is 7.35. The highest BCUT2D eigenvalue weighted by Crippen LogP contribution is 2.50. The SMILES string of the molecule is O=C1Nc2ccc(Cl)cc2[C@](C#CC2CC2)(C(F)(F)F)[C@H]1OCc1cccc(F)c1. The third-order valence-electron chi connectivity index (χ3n) is 5.10. The van der Waals surface area contributed by atoms with E-state index in [1.165, 1.54) is 30.3 Å². The third kappa shape index (κ3) is 3.78. The fourth-order valence-corrected chi connectivity index (χ4v) is 3.62. The molecule has 1 saturated carbocycles. The summed E-state index contributed by atoms with van der Waals surface area (Å²) in [6, 6.07) is 9.12. The van der Waals surface area contributed by atoms with Gasteiger partial charge >= 0.3 is 6.18 Å². The number of nitrogens with one attached hydrogen (secondary N) is 1. The van der Waals surface area contributed by atoms with Crippen LogP contribution in [0, 0.1) is 23.6 Å². The van der Waals surface area contributed by atoms with Crippen LogP contribution in [0.5, 0.6) is 0 Å². The van der Waals surface area contributed by atoms with E-state index in [1.807, 2.05) is 0 Å². The summed E-state index contributed by atoms with van der Waals surface area (Å²) in [5, 5.41) is 2.53. The summed E-state index contributed by atoms with van der Waals surface area (Å²) in [7, 11) is 0. The van der Waals surface area contributed by atoms with E-state index in [1.54, 1.807) is 0 Å². The maximum atomic E-state index is 14.6. The molecule has 0 radical (unpaired) electrons. The topological polar surface area (TPSA) is 38.3 Å². The molecule has 4 rings (SSSR count).